The van der Waals surface area contributed by atoms with E-state index < -0.39 is 0 Å². The first kappa shape index (κ1) is 15.3. The fourth-order valence-corrected chi connectivity index (χ4v) is 4.46. The van der Waals surface area contributed by atoms with Crippen LogP contribution in [0.15, 0.2) is 24.3 Å². The van der Waals surface area contributed by atoms with Crippen molar-refractivity contribution in [3.63, 3.8) is 0 Å². The van der Waals surface area contributed by atoms with Crippen molar-refractivity contribution in [2.45, 2.75) is 63.0 Å². The Kier molecular flexibility index (Phi) is 4.88. The highest BCUT2D eigenvalue weighted by atomic mass is 35.5. The van der Waals surface area contributed by atoms with Gasteiger partial charge in [-0.05, 0) is 50.4 Å². The van der Waals surface area contributed by atoms with Gasteiger partial charge in [-0.25, -0.2) is 0 Å². The minimum atomic E-state index is -0.307. The molecular weight excluding hydrogens is 282 g/mol. The molecule has 3 heteroatoms. The molecule has 1 aliphatic carbocycles. The Bertz CT molecular complexity index is 464. The lowest BCUT2D eigenvalue weighted by Gasteiger charge is -2.46. The summed E-state index contributed by atoms with van der Waals surface area (Å²) in [6.45, 7) is 2.30. The molecule has 2 fully saturated rings. The van der Waals surface area contributed by atoms with E-state index in [1.54, 1.807) is 0 Å². The van der Waals surface area contributed by atoms with Gasteiger partial charge < -0.3 is 5.11 Å². The van der Waals surface area contributed by atoms with E-state index in [0.717, 1.165) is 36.5 Å². The molecule has 1 aliphatic heterocycles. The van der Waals surface area contributed by atoms with Crippen LogP contribution in [-0.4, -0.2) is 34.7 Å². The fraction of sp³-hybridized carbons (Fsp3) is 0.667. The van der Waals surface area contributed by atoms with Gasteiger partial charge in [-0.15, -0.1) is 0 Å². The number of hydrogen-bond acceptors (Lipinski definition) is 2. The molecule has 1 saturated carbocycles. The first-order valence-corrected chi connectivity index (χ1v) is 8.77. The maximum Gasteiger partial charge on any atom is 0.0764 e. The van der Waals surface area contributed by atoms with E-state index in [2.05, 4.69) is 4.90 Å². The first-order chi connectivity index (χ1) is 10.2. The van der Waals surface area contributed by atoms with E-state index in [-0.39, 0.29) is 11.6 Å². The number of likely N-dealkylation sites (tertiary alicyclic amines) is 1. The molecule has 0 amide bonds. The average molecular weight is 308 g/mol. The van der Waals surface area contributed by atoms with Gasteiger partial charge in [-0.2, -0.15) is 0 Å². The molecule has 2 aliphatic rings. The van der Waals surface area contributed by atoms with Crippen molar-refractivity contribution in [3.8, 4) is 0 Å². The number of nitrogens with zero attached hydrogens (tertiary/aromatic N) is 1. The number of halogens is 1. The van der Waals surface area contributed by atoms with Crippen LogP contribution in [0, 0.1) is 0 Å². The number of benzene rings is 1. The quantitative estimate of drug-likeness (QED) is 0.907. The zero-order chi connectivity index (χ0) is 14.7. The Morgan fingerprint density at radius 3 is 2.38 bits per heavy atom. The van der Waals surface area contributed by atoms with Crippen molar-refractivity contribution in [2.24, 2.45) is 0 Å². The Balaban J connectivity index is 1.78. The summed E-state index contributed by atoms with van der Waals surface area (Å²) in [7, 11) is 0. The lowest BCUT2D eigenvalue weighted by molar-refractivity contribution is -0.0380. The molecule has 1 aromatic rings. The molecule has 0 aromatic heterocycles. The van der Waals surface area contributed by atoms with E-state index in [0.29, 0.717) is 6.42 Å². The molecule has 3 rings (SSSR count). The van der Waals surface area contributed by atoms with Gasteiger partial charge in [0.1, 0.15) is 0 Å². The molecule has 1 unspecified atom stereocenters. The molecule has 1 atom stereocenters. The van der Waals surface area contributed by atoms with E-state index in [1.807, 2.05) is 24.3 Å². The van der Waals surface area contributed by atoms with Crippen molar-refractivity contribution in [3.05, 3.63) is 34.9 Å². The molecule has 21 heavy (non-hydrogen) atoms. The summed E-state index contributed by atoms with van der Waals surface area (Å²) in [4.78, 5) is 2.59. The lowest BCUT2D eigenvalue weighted by atomic mass is 9.83. The molecule has 116 valence electrons. The summed E-state index contributed by atoms with van der Waals surface area (Å²) in [6.07, 6.45) is 9.03. The molecule has 0 bridgehead atoms. The normalized spacial score (nSPS) is 24.1. The van der Waals surface area contributed by atoms with E-state index in [9.17, 15) is 5.11 Å². The molecule has 1 aromatic carbocycles. The van der Waals surface area contributed by atoms with E-state index >= 15 is 0 Å². The third-order valence-electron chi connectivity index (χ3n) is 5.45. The second-order valence-electron chi connectivity index (χ2n) is 6.67. The summed E-state index contributed by atoms with van der Waals surface area (Å²) >= 11 is 6.28. The number of hydrogen-bond donors (Lipinski definition) is 1. The summed E-state index contributed by atoms with van der Waals surface area (Å²) < 4.78 is 0. The summed E-state index contributed by atoms with van der Waals surface area (Å²) in [5.74, 6) is 0. The lowest BCUT2D eigenvalue weighted by Crippen LogP contribution is -2.57. The van der Waals surface area contributed by atoms with Gasteiger partial charge >= 0.3 is 0 Å². The van der Waals surface area contributed by atoms with E-state index in [4.69, 9.17) is 11.6 Å². The standard InChI is InChI=1S/C18H26ClNO/c19-16-9-3-2-8-15(16)14-17(21)18(10-4-5-11-18)20-12-6-1-7-13-20/h2-3,8-9,17,21H,1,4-7,10-14H2. The Labute approximate surface area is 133 Å². The van der Waals surface area contributed by atoms with Crippen molar-refractivity contribution >= 4 is 11.6 Å². The Hall–Kier alpha value is -0.570. The van der Waals surface area contributed by atoms with Crippen LogP contribution in [0.2, 0.25) is 5.02 Å². The first-order valence-electron chi connectivity index (χ1n) is 8.39. The largest absolute Gasteiger partial charge is 0.391 e. The molecule has 0 spiro atoms. The Morgan fingerprint density at radius 1 is 1.05 bits per heavy atom. The minimum Gasteiger partial charge on any atom is -0.391 e. The van der Waals surface area contributed by atoms with Crippen LogP contribution >= 0.6 is 11.6 Å². The van der Waals surface area contributed by atoms with Gasteiger partial charge in [0.05, 0.1) is 6.10 Å². The average Bonchev–Trinajstić information content (AvgIpc) is 3.01. The zero-order valence-electron chi connectivity index (χ0n) is 12.7. The van der Waals surface area contributed by atoms with Crippen molar-refractivity contribution < 1.29 is 5.11 Å². The highest BCUT2D eigenvalue weighted by Gasteiger charge is 2.45. The Morgan fingerprint density at radius 2 is 1.71 bits per heavy atom. The van der Waals surface area contributed by atoms with Gasteiger partial charge in [-0.3, -0.25) is 4.90 Å². The summed E-state index contributed by atoms with van der Waals surface area (Å²) in [5.41, 5.74) is 1.08. The topological polar surface area (TPSA) is 23.5 Å². The van der Waals surface area contributed by atoms with Crippen LogP contribution in [0.5, 0.6) is 0 Å². The number of aliphatic hydroxyl groups is 1. The highest BCUT2D eigenvalue weighted by Crippen LogP contribution is 2.41. The molecular formula is C18H26ClNO. The smallest absolute Gasteiger partial charge is 0.0764 e. The van der Waals surface area contributed by atoms with Gasteiger partial charge in [0.2, 0.25) is 0 Å². The third-order valence-corrected chi connectivity index (χ3v) is 5.82. The van der Waals surface area contributed by atoms with Gasteiger partial charge in [0, 0.05) is 17.0 Å². The highest BCUT2D eigenvalue weighted by molar-refractivity contribution is 6.31. The monoisotopic (exact) mass is 307 g/mol. The van der Waals surface area contributed by atoms with Crippen LogP contribution < -0.4 is 0 Å². The zero-order valence-corrected chi connectivity index (χ0v) is 13.5. The van der Waals surface area contributed by atoms with Gasteiger partial charge in [-0.1, -0.05) is 49.1 Å². The van der Waals surface area contributed by atoms with Crippen LogP contribution in [0.1, 0.15) is 50.5 Å². The second-order valence-corrected chi connectivity index (χ2v) is 7.08. The van der Waals surface area contributed by atoms with Crippen LogP contribution in [-0.2, 0) is 6.42 Å². The van der Waals surface area contributed by atoms with Crippen molar-refractivity contribution in [1.82, 2.24) is 4.90 Å². The second kappa shape index (κ2) is 6.68. The van der Waals surface area contributed by atoms with Crippen LogP contribution in [0.4, 0.5) is 0 Å². The summed E-state index contributed by atoms with van der Waals surface area (Å²) in [6, 6.07) is 7.93. The van der Waals surface area contributed by atoms with Crippen LogP contribution in [0.25, 0.3) is 0 Å². The van der Waals surface area contributed by atoms with Gasteiger partial charge in [0.15, 0.2) is 0 Å². The molecule has 1 heterocycles. The number of rotatable bonds is 4. The number of aliphatic hydroxyl groups excluding tert-OH is 1. The third kappa shape index (κ3) is 3.13. The van der Waals surface area contributed by atoms with E-state index in [1.165, 1.54) is 32.1 Å². The summed E-state index contributed by atoms with van der Waals surface area (Å²) in [5, 5.41) is 11.8. The predicted molar refractivity (Wildman–Crippen MR) is 87.8 cm³/mol. The fourth-order valence-electron chi connectivity index (χ4n) is 4.25. The minimum absolute atomic E-state index is 0.000406. The SMILES string of the molecule is OC(Cc1ccccc1Cl)C1(N2CCCCC2)CCCC1. The maximum atomic E-state index is 11.0. The predicted octanol–water partition coefficient (Wildman–Crippen LogP) is 4.04. The molecule has 1 saturated heterocycles. The number of piperidine rings is 1. The van der Waals surface area contributed by atoms with Crippen molar-refractivity contribution in [1.29, 1.82) is 0 Å². The maximum absolute atomic E-state index is 11.0. The van der Waals surface area contributed by atoms with Crippen LogP contribution in [0.3, 0.4) is 0 Å². The van der Waals surface area contributed by atoms with Gasteiger partial charge in [0.25, 0.3) is 0 Å². The molecule has 0 radical (unpaired) electrons. The molecule has 2 nitrogen and oxygen atoms in total. The van der Waals surface area contributed by atoms with Crippen molar-refractivity contribution in [2.75, 3.05) is 13.1 Å². The molecule has 1 N–H and O–H groups in total.